The third-order valence-corrected chi connectivity index (χ3v) is 14.5. The number of carboxylic acid groups (broad SMARTS) is 1. The predicted molar refractivity (Wildman–Crippen MR) is 218 cm³/mol. The van der Waals surface area contributed by atoms with Gasteiger partial charge in [-0.1, -0.05) is 47.5 Å². The number of aromatic nitrogens is 3. The van der Waals surface area contributed by atoms with Gasteiger partial charge in [-0.15, -0.1) is 0 Å². The fraction of sp³-hybridized carbons (Fsp3) is 0.465. The van der Waals surface area contributed by atoms with E-state index in [1.54, 1.807) is 30.5 Å². The van der Waals surface area contributed by atoms with E-state index in [1.165, 1.54) is 0 Å². The van der Waals surface area contributed by atoms with Gasteiger partial charge in [-0.3, -0.25) is 29.2 Å². The summed E-state index contributed by atoms with van der Waals surface area (Å²) in [7, 11) is 1.87. The second-order valence-electron chi connectivity index (χ2n) is 17.0. The Labute approximate surface area is 341 Å². The number of nitrogens with one attached hydrogen (secondary N) is 2. The minimum atomic E-state index is -0.629. The standard InChI is InChI=1S/C43H47Cl2N7O5/c1-50-35-9-15-51(17-14-42-10-12-43(24-42,13-11-42)41(56)57)23-34(35)47-38(50)40(55)49-32-7-3-5-30(37(32)45)29-4-2-6-31(36(29)44)48-39(54)33-18-25-8-16-52(22-26(25)21-46-33)27-19-28(53)20-27/h2-7,18,21,27-28,53H,8-17,19-20,22-24H2,1H3,(H,48,54)(H,49,55)(H,56,57). The molecule has 0 radical (unpaired) electrons. The highest BCUT2D eigenvalue weighted by atomic mass is 35.5. The Hall–Kier alpha value is -4.33. The zero-order valence-electron chi connectivity index (χ0n) is 32.0. The van der Waals surface area contributed by atoms with E-state index in [-0.39, 0.29) is 23.3 Å². The fourth-order valence-electron chi connectivity index (χ4n) is 10.1. The topological polar surface area (TPSA) is 153 Å². The lowest BCUT2D eigenvalue weighted by atomic mass is 9.80. The average molecular weight is 813 g/mol. The number of carbonyl (C=O) groups is 3. The molecule has 4 aromatic rings. The van der Waals surface area contributed by atoms with Crippen molar-refractivity contribution in [3.05, 3.63) is 92.7 Å². The molecule has 57 heavy (non-hydrogen) atoms. The minimum absolute atomic E-state index is 0.131. The van der Waals surface area contributed by atoms with E-state index in [0.717, 1.165) is 113 Å². The molecule has 12 nitrogen and oxygen atoms in total. The molecular formula is C43H47Cl2N7O5. The normalized spacial score (nSPS) is 25.4. The van der Waals surface area contributed by atoms with Crippen LogP contribution in [0, 0.1) is 10.8 Å². The number of aliphatic hydroxyl groups is 1. The van der Waals surface area contributed by atoms with Gasteiger partial charge in [0.25, 0.3) is 11.8 Å². The van der Waals surface area contributed by atoms with E-state index in [0.29, 0.717) is 56.7 Å². The molecule has 2 aromatic heterocycles. The second kappa shape index (κ2) is 14.8. The van der Waals surface area contributed by atoms with Crippen LogP contribution in [0.2, 0.25) is 10.0 Å². The summed E-state index contributed by atoms with van der Waals surface area (Å²) in [5, 5.41) is 26.0. The van der Waals surface area contributed by atoms with Crippen molar-refractivity contribution in [1.82, 2.24) is 24.3 Å². The van der Waals surface area contributed by atoms with Crippen LogP contribution in [0.1, 0.15) is 95.0 Å². The van der Waals surface area contributed by atoms with Crippen LogP contribution in [0.4, 0.5) is 11.4 Å². The maximum atomic E-state index is 13.7. The van der Waals surface area contributed by atoms with Crippen LogP contribution in [0.5, 0.6) is 0 Å². The molecular weight excluding hydrogens is 765 g/mol. The van der Waals surface area contributed by atoms with Gasteiger partial charge >= 0.3 is 5.97 Å². The highest BCUT2D eigenvalue weighted by molar-refractivity contribution is 6.40. The largest absolute Gasteiger partial charge is 0.481 e. The number of benzene rings is 2. The van der Waals surface area contributed by atoms with E-state index in [1.807, 2.05) is 29.8 Å². The summed E-state index contributed by atoms with van der Waals surface area (Å²) in [6.45, 7) is 4.04. The molecule has 2 aliphatic heterocycles. The summed E-state index contributed by atoms with van der Waals surface area (Å²) >= 11 is 13.9. The van der Waals surface area contributed by atoms with Gasteiger partial charge in [-0.25, -0.2) is 4.98 Å². The van der Waals surface area contributed by atoms with Crippen molar-refractivity contribution in [1.29, 1.82) is 0 Å². The average Bonchev–Trinajstić information content (AvgIpc) is 3.88. The monoisotopic (exact) mass is 811 g/mol. The van der Waals surface area contributed by atoms with E-state index in [2.05, 4.69) is 25.4 Å². The maximum absolute atomic E-state index is 13.7. The first-order chi connectivity index (χ1) is 27.4. The summed E-state index contributed by atoms with van der Waals surface area (Å²) in [4.78, 5) is 53.2. The Balaban J connectivity index is 0.853. The first-order valence-electron chi connectivity index (χ1n) is 20.0. The molecule has 2 aromatic carbocycles. The number of nitrogens with zero attached hydrogens (tertiary/aromatic N) is 5. The van der Waals surface area contributed by atoms with E-state index >= 15 is 0 Å². The van der Waals surface area contributed by atoms with Gasteiger partial charge in [0.15, 0.2) is 5.82 Å². The van der Waals surface area contributed by atoms with Gasteiger partial charge in [0.05, 0.1) is 38.6 Å². The minimum Gasteiger partial charge on any atom is -0.481 e. The highest BCUT2D eigenvalue weighted by Gasteiger charge is 2.57. The SMILES string of the molecule is Cn1c(C(=O)Nc2cccc(-c3cccc(NC(=O)c4cc5c(cn4)CN(C4CC(O)C4)CC5)c3Cl)c2Cl)nc2c1CCN(CCC13CCC(C(=O)O)(CC1)C3)C2. The van der Waals surface area contributed by atoms with Crippen molar-refractivity contribution in [3.8, 4) is 11.1 Å². The zero-order chi connectivity index (χ0) is 39.6. The first-order valence-corrected chi connectivity index (χ1v) is 20.8. The molecule has 2 amide bonds. The van der Waals surface area contributed by atoms with Gasteiger partial charge in [0, 0.05) is 68.7 Å². The van der Waals surface area contributed by atoms with Crippen LogP contribution in [-0.4, -0.2) is 84.1 Å². The molecule has 298 valence electrons. The molecule has 5 aliphatic rings. The number of pyridine rings is 1. The third-order valence-electron chi connectivity index (χ3n) is 13.7. The molecule has 9 rings (SSSR count). The number of imidazole rings is 1. The molecule has 3 saturated carbocycles. The number of aliphatic carboxylic acids is 1. The molecule has 4 N–H and O–H groups in total. The molecule has 0 unspecified atom stereocenters. The molecule has 2 bridgehead atoms. The molecule has 14 heteroatoms. The van der Waals surface area contributed by atoms with Crippen LogP contribution in [0.3, 0.4) is 0 Å². The summed E-state index contributed by atoms with van der Waals surface area (Å²) in [5.74, 6) is -1.08. The summed E-state index contributed by atoms with van der Waals surface area (Å²) in [6, 6.07) is 12.9. The van der Waals surface area contributed by atoms with Crippen molar-refractivity contribution < 1.29 is 24.6 Å². The Morgan fingerprint density at radius 3 is 2.23 bits per heavy atom. The Bertz CT molecular complexity index is 2280. The number of fused-ring (bicyclic) bond motifs is 4. The third kappa shape index (κ3) is 7.03. The van der Waals surface area contributed by atoms with Gasteiger partial charge in [-0.2, -0.15) is 0 Å². The van der Waals surface area contributed by atoms with Crippen LogP contribution in [-0.2, 0) is 37.8 Å². The fourth-order valence-corrected chi connectivity index (χ4v) is 10.7. The Morgan fingerprint density at radius 1 is 0.895 bits per heavy atom. The van der Waals surface area contributed by atoms with Crippen molar-refractivity contribution in [2.24, 2.45) is 17.9 Å². The number of carboxylic acids is 1. The lowest BCUT2D eigenvalue weighted by molar-refractivity contribution is -0.148. The second-order valence-corrected chi connectivity index (χ2v) is 17.8. The van der Waals surface area contributed by atoms with E-state index in [4.69, 9.17) is 28.2 Å². The van der Waals surface area contributed by atoms with Crippen molar-refractivity contribution >= 4 is 52.4 Å². The van der Waals surface area contributed by atoms with Gasteiger partial charge in [-0.05, 0) is 99.1 Å². The lowest BCUT2D eigenvalue weighted by Crippen LogP contribution is -2.48. The summed E-state index contributed by atoms with van der Waals surface area (Å²) in [6.07, 6.45) is 10.1. The summed E-state index contributed by atoms with van der Waals surface area (Å²) in [5.41, 5.74) is 6.04. The number of carbonyl (C=O) groups excluding carboxylic acids is 2. The van der Waals surface area contributed by atoms with Crippen LogP contribution < -0.4 is 10.6 Å². The first kappa shape index (κ1) is 38.2. The Morgan fingerprint density at radius 2 is 1.58 bits per heavy atom. The molecule has 0 spiro atoms. The van der Waals surface area contributed by atoms with Crippen LogP contribution in [0.15, 0.2) is 48.7 Å². The van der Waals surface area contributed by atoms with Crippen LogP contribution in [0.25, 0.3) is 11.1 Å². The number of rotatable bonds is 10. The zero-order valence-corrected chi connectivity index (χ0v) is 33.5. The van der Waals surface area contributed by atoms with Crippen molar-refractivity contribution in [2.45, 2.75) is 89.4 Å². The predicted octanol–water partition coefficient (Wildman–Crippen LogP) is 6.96. The van der Waals surface area contributed by atoms with Gasteiger partial charge in [0.2, 0.25) is 0 Å². The molecule has 0 atom stereocenters. The number of halogens is 2. The van der Waals surface area contributed by atoms with Crippen molar-refractivity contribution in [2.75, 3.05) is 30.3 Å². The van der Waals surface area contributed by atoms with Crippen molar-refractivity contribution in [3.63, 3.8) is 0 Å². The molecule has 3 fully saturated rings. The number of hydrogen-bond donors (Lipinski definition) is 4. The van der Waals surface area contributed by atoms with Crippen LogP contribution >= 0.6 is 23.2 Å². The smallest absolute Gasteiger partial charge is 0.309 e. The molecule has 3 aliphatic carbocycles. The number of hydrogen-bond acceptors (Lipinski definition) is 8. The van der Waals surface area contributed by atoms with E-state index in [9.17, 15) is 24.6 Å². The van der Waals surface area contributed by atoms with E-state index < -0.39 is 11.4 Å². The van der Waals surface area contributed by atoms with Gasteiger partial charge < -0.3 is 25.4 Å². The maximum Gasteiger partial charge on any atom is 0.309 e. The number of amides is 2. The quantitative estimate of drug-likeness (QED) is 0.133. The summed E-state index contributed by atoms with van der Waals surface area (Å²) < 4.78 is 1.87. The molecule has 4 heterocycles. The highest BCUT2D eigenvalue weighted by Crippen LogP contribution is 2.63. The lowest BCUT2D eigenvalue weighted by Gasteiger charge is -2.42. The number of anilines is 2. The van der Waals surface area contributed by atoms with Gasteiger partial charge in [0.1, 0.15) is 5.69 Å². The molecule has 0 saturated heterocycles. The number of aliphatic hydroxyl groups excluding tert-OH is 1. The Kier molecular flexibility index (Phi) is 9.92.